The summed E-state index contributed by atoms with van der Waals surface area (Å²) in [5.74, 6) is -0.420. The van der Waals surface area contributed by atoms with Crippen LogP contribution < -0.4 is 14.4 Å². The summed E-state index contributed by atoms with van der Waals surface area (Å²) in [6.45, 7) is -0.919. The molecule has 0 amide bonds. The lowest BCUT2D eigenvalue weighted by molar-refractivity contribution is -0.149. The molecule has 3 rings (SSSR count). The number of Topliss-reactive ketones (excluding diaryl/α,β-unsaturated/α-hetero) is 1. The van der Waals surface area contributed by atoms with E-state index in [2.05, 4.69) is 0 Å². The van der Waals surface area contributed by atoms with E-state index in [1.807, 2.05) is 30.3 Å². The van der Waals surface area contributed by atoms with E-state index in [9.17, 15) is 14.9 Å². The first-order chi connectivity index (χ1) is 14.0. The predicted molar refractivity (Wildman–Crippen MR) is 108 cm³/mol. The molecule has 0 bridgehead atoms. The summed E-state index contributed by atoms with van der Waals surface area (Å²) >= 11 is 1.33. The van der Waals surface area contributed by atoms with Crippen LogP contribution in [0.25, 0.3) is 0 Å². The molecule has 2 aromatic rings. The number of carbonyl (C=O) groups is 2. The van der Waals surface area contributed by atoms with Crippen LogP contribution in [0.5, 0.6) is 11.5 Å². The second-order valence-corrected chi connectivity index (χ2v) is 6.97. The Hall–Kier alpha value is -3.44. The third kappa shape index (κ3) is 4.52. The molecule has 1 aliphatic heterocycles. The monoisotopic (exact) mass is 410 g/mol. The number of hydrogen-bond acceptors (Lipinski definition) is 8. The summed E-state index contributed by atoms with van der Waals surface area (Å²) < 4.78 is 15.5. The fourth-order valence-electron chi connectivity index (χ4n) is 2.69. The largest absolute Gasteiger partial charge is 0.493 e. The van der Waals surface area contributed by atoms with Gasteiger partial charge in [-0.3, -0.25) is 4.79 Å². The Labute approximate surface area is 172 Å². The van der Waals surface area contributed by atoms with E-state index in [1.165, 1.54) is 18.9 Å². The van der Waals surface area contributed by atoms with Crippen LogP contribution >= 0.6 is 11.8 Å². The number of esters is 1. The van der Waals surface area contributed by atoms with Crippen LogP contribution in [0.1, 0.15) is 0 Å². The van der Waals surface area contributed by atoms with Gasteiger partial charge in [-0.2, -0.15) is 5.26 Å². The maximum Gasteiger partial charge on any atom is 0.344 e. The van der Waals surface area contributed by atoms with E-state index in [0.29, 0.717) is 16.5 Å². The van der Waals surface area contributed by atoms with Gasteiger partial charge in [-0.1, -0.05) is 36.0 Å². The number of thioether (sulfide) groups is 1. The molecule has 0 spiro atoms. The maximum atomic E-state index is 12.5. The zero-order valence-electron chi connectivity index (χ0n) is 15.9. The first kappa shape index (κ1) is 20.3. The minimum atomic E-state index is -0.720. The van der Waals surface area contributed by atoms with Crippen LogP contribution in [0.3, 0.4) is 0 Å². The molecule has 8 heteroatoms. The van der Waals surface area contributed by atoms with Crippen LogP contribution in [-0.4, -0.2) is 39.1 Å². The summed E-state index contributed by atoms with van der Waals surface area (Å²) in [6, 6.07) is 16.4. The van der Waals surface area contributed by atoms with Gasteiger partial charge in [0.15, 0.2) is 24.7 Å². The number of ether oxygens (including phenoxy) is 3. The lowest BCUT2D eigenvalue weighted by Gasteiger charge is -2.14. The van der Waals surface area contributed by atoms with Gasteiger partial charge in [-0.25, -0.2) is 4.79 Å². The van der Waals surface area contributed by atoms with Crippen molar-refractivity contribution in [2.45, 2.75) is 4.90 Å². The molecule has 0 saturated heterocycles. The fourth-order valence-corrected chi connectivity index (χ4v) is 3.85. The highest BCUT2D eigenvalue weighted by atomic mass is 32.2. The smallest absolute Gasteiger partial charge is 0.344 e. The number of rotatable bonds is 7. The first-order valence-electron chi connectivity index (χ1n) is 8.64. The van der Waals surface area contributed by atoms with Gasteiger partial charge < -0.3 is 19.1 Å². The van der Waals surface area contributed by atoms with Gasteiger partial charge in [0, 0.05) is 11.9 Å². The molecular formula is C21H18N2O5S. The van der Waals surface area contributed by atoms with Gasteiger partial charge >= 0.3 is 5.97 Å². The molecule has 2 aromatic carbocycles. The van der Waals surface area contributed by atoms with Crippen molar-refractivity contribution >= 4 is 29.2 Å². The van der Waals surface area contributed by atoms with E-state index in [1.54, 1.807) is 36.2 Å². The van der Waals surface area contributed by atoms with Crippen molar-refractivity contribution in [2.24, 2.45) is 0 Å². The minimum Gasteiger partial charge on any atom is -0.493 e. The molecule has 0 radical (unpaired) electrons. The molecule has 29 heavy (non-hydrogen) atoms. The summed E-state index contributed by atoms with van der Waals surface area (Å²) in [7, 11) is 3.28. The van der Waals surface area contributed by atoms with E-state index >= 15 is 0 Å². The average molecular weight is 410 g/mol. The highest BCUT2D eigenvalue weighted by Crippen LogP contribution is 2.46. The number of methoxy groups -OCH3 is 1. The van der Waals surface area contributed by atoms with Crippen LogP contribution in [0, 0.1) is 11.3 Å². The van der Waals surface area contributed by atoms with Crippen LogP contribution in [0.15, 0.2) is 64.0 Å². The Morgan fingerprint density at radius 3 is 2.45 bits per heavy atom. The molecule has 1 aliphatic rings. The topological polar surface area (TPSA) is 88.9 Å². The second-order valence-electron chi connectivity index (χ2n) is 5.94. The fraction of sp³-hybridized carbons (Fsp3) is 0.190. The van der Waals surface area contributed by atoms with Crippen molar-refractivity contribution in [3.63, 3.8) is 0 Å². The number of para-hydroxylation sites is 3. The molecule has 0 atom stereocenters. The van der Waals surface area contributed by atoms with E-state index in [4.69, 9.17) is 14.2 Å². The van der Waals surface area contributed by atoms with Crippen molar-refractivity contribution in [1.29, 1.82) is 5.26 Å². The van der Waals surface area contributed by atoms with Gasteiger partial charge in [0.05, 0.1) is 12.8 Å². The molecule has 0 unspecified atom stereocenters. The molecule has 0 aliphatic carbocycles. The number of carbonyl (C=O) groups excluding carboxylic acids is 2. The lowest BCUT2D eigenvalue weighted by Crippen LogP contribution is -2.22. The lowest BCUT2D eigenvalue weighted by atomic mass is 10.2. The highest BCUT2D eigenvalue weighted by molar-refractivity contribution is 8.03. The van der Waals surface area contributed by atoms with Crippen LogP contribution in [-0.2, 0) is 14.3 Å². The summed E-state index contributed by atoms with van der Waals surface area (Å²) in [6.07, 6.45) is 0. The van der Waals surface area contributed by atoms with Crippen molar-refractivity contribution in [2.75, 3.05) is 32.3 Å². The molecule has 7 nitrogen and oxygen atoms in total. The quantitative estimate of drug-likeness (QED) is 0.391. The SMILES string of the molecule is COc1ccccc1OCC(=O)OCC(=O)/C(C#N)=C1\Sc2ccccc2N1C. The first-order valence-corrected chi connectivity index (χ1v) is 9.46. The maximum absolute atomic E-state index is 12.5. The molecule has 0 N–H and O–H groups in total. The number of hydrogen-bond donors (Lipinski definition) is 0. The number of ketones is 1. The number of benzene rings is 2. The Balaban J connectivity index is 1.60. The zero-order chi connectivity index (χ0) is 20.8. The zero-order valence-corrected chi connectivity index (χ0v) is 16.7. The number of fused-ring (bicyclic) bond motifs is 1. The van der Waals surface area contributed by atoms with E-state index < -0.39 is 18.4 Å². The molecule has 1 heterocycles. The summed E-state index contributed by atoms with van der Waals surface area (Å²) in [5, 5.41) is 9.99. The molecule has 148 valence electrons. The average Bonchev–Trinajstić information content (AvgIpc) is 3.08. The molecular weight excluding hydrogens is 392 g/mol. The van der Waals surface area contributed by atoms with Gasteiger partial charge in [-0.15, -0.1) is 0 Å². The van der Waals surface area contributed by atoms with Gasteiger partial charge in [0.25, 0.3) is 0 Å². The third-order valence-electron chi connectivity index (χ3n) is 4.12. The van der Waals surface area contributed by atoms with Gasteiger partial charge in [0.1, 0.15) is 16.7 Å². The third-order valence-corrected chi connectivity index (χ3v) is 5.36. The number of nitriles is 1. The van der Waals surface area contributed by atoms with Crippen LogP contribution in [0.4, 0.5) is 5.69 Å². The predicted octanol–water partition coefficient (Wildman–Crippen LogP) is 3.16. The van der Waals surface area contributed by atoms with Gasteiger partial charge in [-0.05, 0) is 24.3 Å². The Morgan fingerprint density at radius 1 is 1.07 bits per heavy atom. The Morgan fingerprint density at radius 2 is 1.76 bits per heavy atom. The van der Waals surface area contributed by atoms with Crippen molar-refractivity contribution in [3.05, 3.63) is 59.1 Å². The second kappa shape index (κ2) is 9.17. The number of anilines is 1. The Bertz CT molecular complexity index is 1010. The van der Waals surface area contributed by atoms with E-state index in [-0.39, 0.29) is 12.2 Å². The standard InChI is InChI=1S/C21H18N2O5S/c1-23-15-7-3-6-10-19(15)29-21(23)14(11-22)16(24)12-28-20(25)13-27-18-9-5-4-8-17(18)26-2/h3-10H,12-13H2,1-2H3/b21-14-. The van der Waals surface area contributed by atoms with E-state index in [0.717, 1.165) is 10.6 Å². The van der Waals surface area contributed by atoms with Crippen molar-refractivity contribution < 1.29 is 23.8 Å². The van der Waals surface area contributed by atoms with Gasteiger partial charge in [0.2, 0.25) is 5.78 Å². The van der Waals surface area contributed by atoms with Crippen molar-refractivity contribution in [3.8, 4) is 17.6 Å². The highest BCUT2D eigenvalue weighted by Gasteiger charge is 2.28. The van der Waals surface area contributed by atoms with Crippen LogP contribution in [0.2, 0.25) is 0 Å². The van der Waals surface area contributed by atoms with Crippen molar-refractivity contribution in [1.82, 2.24) is 0 Å². The number of nitrogens with zero attached hydrogens (tertiary/aromatic N) is 2. The Kier molecular flexibility index (Phi) is 6.42. The normalized spacial score (nSPS) is 13.9. The summed E-state index contributed by atoms with van der Waals surface area (Å²) in [5.41, 5.74) is 0.863. The molecule has 0 aromatic heterocycles. The molecule has 0 fully saturated rings. The minimum absolute atomic E-state index is 0.0489. The molecule has 0 saturated carbocycles. The summed E-state index contributed by atoms with van der Waals surface area (Å²) in [4.78, 5) is 27.2.